The Labute approximate surface area is 116 Å². The fraction of sp³-hybridized carbons (Fsp3) is 0.214. The maximum atomic E-state index is 11.6. The van der Waals surface area contributed by atoms with Crippen LogP contribution in [-0.4, -0.2) is 24.2 Å². The summed E-state index contributed by atoms with van der Waals surface area (Å²) >= 11 is 1.71. The summed E-state index contributed by atoms with van der Waals surface area (Å²) in [5.41, 5.74) is 1.57. The molecule has 0 fully saturated rings. The quantitative estimate of drug-likeness (QED) is 0.757. The monoisotopic (exact) mass is 276 g/mol. The molecule has 1 heterocycles. The van der Waals surface area contributed by atoms with Gasteiger partial charge in [-0.25, -0.2) is 0 Å². The summed E-state index contributed by atoms with van der Waals surface area (Å²) in [6, 6.07) is 11.4. The van der Waals surface area contributed by atoms with E-state index in [0.29, 0.717) is 5.56 Å². The molecule has 4 nitrogen and oxygen atoms in total. The molecular weight excluding hydrogens is 260 g/mol. The van der Waals surface area contributed by atoms with Crippen LogP contribution in [0.5, 0.6) is 0 Å². The highest BCUT2D eigenvalue weighted by atomic mass is 32.1. The Morgan fingerprint density at radius 1 is 1.21 bits per heavy atom. The second kappa shape index (κ2) is 6.92. The molecule has 0 atom stereocenters. The van der Waals surface area contributed by atoms with Gasteiger partial charge in [-0.3, -0.25) is 4.79 Å². The van der Waals surface area contributed by atoms with E-state index in [9.17, 15) is 4.79 Å². The molecule has 0 saturated carbocycles. The molecule has 0 unspecified atom stereocenters. The lowest BCUT2D eigenvalue weighted by Gasteiger charge is -2.07. The minimum Gasteiger partial charge on any atom is -0.395 e. The molecule has 3 N–H and O–H groups in total. The number of hydrogen-bond donors (Lipinski definition) is 3. The molecule has 2 aromatic rings. The minimum absolute atomic E-state index is 0.0494. The van der Waals surface area contributed by atoms with E-state index in [2.05, 4.69) is 16.7 Å². The van der Waals surface area contributed by atoms with Gasteiger partial charge < -0.3 is 15.7 Å². The van der Waals surface area contributed by atoms with Crippen molar-refractivity contribution in [1.82, 2.24) is 5.32 Å². The maximum absolute atomic E-state index is 11.6. The van der Waals surface area contributed by atoms with Crippen LogP contribution in [0.4, 0.5) is 5.69 Å². The number of carbonyl (C=O) groups excluding carboxylic acids is 1. The second-order valence-corrected chi connectivity index (χ2v) is 5.02. The molecule has 0 aliphatic rings. The molecule has 0 aliphatic heterocycles. The number of hydrogen-bond acceptors (Lipinski definition) is 4. The highest BCUT2D eigenvalue weighted by Crippen LogP contribution is 2.14. The summed E-state index contributed by atoms with van der Waals surface area (Å²) in [4.78, 5) is 12.9. The van der Waals surface area contributed by atoms with Gasteiger partial charge in [-0.1, -0.05) is 6.07 Å². The first-order valence-electron chi connectivity index (χ1n) is 6.05. The van der Waals surface area contributed by atoms with Crippen molar-refractivity contribution in [2.75, 3.05) is 18.5 Å². The van der Waals surface area contributed by atoms with E-state index in [1.807, 2.05) is 23.6 Å². The zero-order valence-corrected chi connectivity index (χ0v) is 11.2. The van der Waals surface area contributed by atoms with Crippen LogP contribution < -0.4 is 10.6 Å². The highest BCUT2D eigenvalue weighted by Gasteiger charge is 2.04. The standard InChI is InChI=1S/C14H16N2O2S/c17-8-7-15-14(18)11-3-5-12(6-4-11)16-10-13-2-1-9-19-13/h1-6,9,16-17H,7-8,10H2,(H,15,18). The lowest BCUT2D eigenvalue weighted by atomic mass is 10.2. The van der Waals surface area contributed by atoms with E-state index in [0.717, 1.165) is 12.2 Å². The van der Waals surface area contributed by atoms with E-state index in [4.69, 9.17) is 5.11 Å². The number of carbonyl (C=O) groups is 1. The van der Waals surface area contributed by atoms with Crippen molar-refractivity contribution >= 4 is 22.9 Å². The third-order valence-corrected chi connectivity index (χ3v) is 3.47. The number of anilines is 1. The Morgan fingerprint density at radius 2 is 2.00 bits per heavy atom. The molecule has 0 radical (unpaired) electrons. The number of aliphatic hydroxyl groups excluding tert-OH is 1. The largest absolute Gasteiger partial charge is 0.395 e. The summed E-state index contributed by atoms with van der Waals surface area (Å²) < 4.78 is 0. The average Bonchev–Trinajstić information content (AvgIpc) is 2.96. The van der Waals surface area contributed by atoms with Gasteiger partial charge in [-0.2, -0.15) is 0 Å². The number of benzene rings is 1. The average molecular weight is 276 g/mol. The van der Waals surface area contributed by atoms with Crippen molar-refractivity contribution in [3.8, 4) is 0 Å². The molecule has 1 aromatic heterocycles. The number of amides is 1. The molecule has 1 aromatic carbocycles. The van der Waals surface area contributed by atoms with Gasteiger partial charge in [-0.05, 0) is 35.7 Å². The van der Waals surface area contributed by atoms with Crippen LogP contribution in [0.15, 0.2) is 41.8 Å². The van der Waals surface area contributed by atoms with Crippen LogP contribution in [0, 0.1) is 0 Å². The molecule has 5 heteroatoms. The predicted octanol–water partition coefficient (Wildman–Crippen LogP) is 2.08. The van der Waals surface area contributed by atoms with Crippen LogP contribution in [0.2, 0.25) is 0 Å². The lowest BCUT2D eigenvalue weighted by Crippen LogP contribution is -2.26. The third-order valence-electron chi connectivity index (χ3n) is 2.59. The van der Waals surface area contributed by atoms with Gasteiger partial charge >= 0.3 is 0 Å². The maximum Gasteiger partial charge on any atom is 0.251 e. The van der Waals surface area contributed by atoms with Crippen molar-refractivity contribution in [2.45, 2.75) is 6.54 Å². The van der Waals surface area contributed by atoms with Crippen LogP contribution in [-0.2, 0) is 6.54 Å². The summed E-state index contributed by atoms with van der Waals surface area (Å²) in [7, 11) is 0. The van der Waals surface area contributed by atoms with E-state index in [-0.39, 0.29) is 19.1 Å². The van der Waals surface area contributed by atoms with Gasteiger partial charge in [-0.15, -0.1) is 11.3 Å². The smallest absolute Gasteiger partial charge is 0.251 e. The van der Waals surface area contributed by atoms with Gasteiger partial charge in [0.05, 0.1) is 6.61 Å². The first kappa shape index (κ1) is 13.6. The summed E-state index contributed by atoms with van der Waals surface area (Å²) in [6.07, 6.45) is 0. The molecule has 0 spiro atoms. The first-order chi connectivity index (χ1) is 9.29. The van der Waals surface area contributed by atoms with E-state index >= 15 is 0 Å². The van der Waals surface area contributed by atoms with Gasteiger partial charge in [0.15, 0.2) is 0 Å². The van der Waals surface area contributed by atoms with E-state index in [1.54, 1.807) is 23.5 Å². The Morgan fingerprint density at radius 3 is 2.63 bits per heavy atom. The molecule has 19 heavy (non-hydrogen) atoms. The van der Waals surface area contributed by atoms with Crippen molar-refractivity contribution in [3.05, 3.63) is 52.2 Å². The van der Waals surface area contributed by atoms with Crippen molar-refractivity contribution in [3.63, 3.8) is 0 Å². The molecule has 2 rings (SSSR count). The minimum atomic E-state index is -0.168. The topological polar surface area (TPSA) is 61.4 Å². The van der Waals surface area contributed by atoms with Gasteiger partial charge in [0, 0.05) is 29.2 Å². The SMILES string of the molecule is O=C(NCCO)c1ccc(NCc2cccs2)cc1. The van der Waals surface area contributed by atoms with Crippen molar-refractivity contribution in [2.24, 2.45) is 0 Å². The Kier molecular flexibility index (Phi) is 4.94. The molecule has 0 aliphatic carbocycles. The summed E-state index contributed by atoms with van der Waals surface area (Å²) in [5, 5.41) is 16.6. The zero-order chi connectivity index (χ0) is 13.5. The Balaban J connectivity index is 1.89. The van der Waals surface area contributed by atoms with Gasteiger partial charge in [0.25, 0.3) is 5.91 Å². The van der Waals surface area contributed by atoms with E-state index in [1.165, 1.54) is 4.88 Å². The van der Waals surface area contributed by atoms with Crippen LogP contribution in [0.3, 0.4) is 0 Å². The second-order valence-electron chi connectivity index (χ2n) is 3.99. The predicted molar refractivity (Wildman–Crippen MR) is 77.5 cm³/mol. The summed E-state index contributed by atoms with van der Waals surface area (Å²) in [5.74, 6) is -0.168. The summed E-state index contributed by atoms with van der Waals surface area (Å²) in [6.45, 7) is 1.01. The first-order valence-corrected chi connectivity index (χ1v) is 6.93. The number of rotatable bonds is 6. The van der Waals surface area contributed by atoms with Crippen molar-refractivity contribution < 1.29 is 9.90 Å². The van der Waals surface area contributed by atoms with Crippen LogP contribution in [0.1, 0.15) is 15.2 Å². The van der Waals surface area contributed by atoms with Crippen LogP contribution in [0.25, 0.3) is 0 Å². The highest BCUT2D eigenvalue weighted by molar-refractivity contribution is 7.09. The number of thiophene rings is 1. The molecule has 0 saturated heterocycles. The lowest BCUT2D eigenvalue weighted by molar-refractivity contribution is 0.0945. The Hall–Kier alpha value is -1.85. The third kappa shape index (κ3) is 4.08. The fourth-order valence-corrected chi connectivity index (χ4v) is 2.26. The number of aliphatic hydroxyl groups is 1. The normalized spacial score (nSPS) is 10.2. The van der Waals surface area contributed by atoms with E-state index < -0.39 is 0 Å². The number of nitrogens with one attached hydrogen (secondary N) is 2. The molecule has 100 valence electrons. The fourth-order valence-electron chi connectivity index (χ4n) is 1.61. The van der Waals surface area contributed by atoms with Crippen LogP contribution >= 0.6 is 11.3 Å². The zero-order valence-electron chi connectivity index (χ0n) is 10.4. The van der Waals surface area contributed by atoms with Gasteiger partial charge in [0.2, 0.25) is 0 Å². The molecule has 1 amide bonds. The van der Waals surface area contributed by atoms with Crippen molar-refractivity contribution in [1.29, 1.82) is 0 Å². The molecular formula is C14H16N2O2S. The Bertz CT molecular complexity index is 509. The van der Waals surface area contributed by atoms with Gasteiger partial charge in [0.1, 0.15) is 0 Å². The molecule has 0 bridgehead atoms.